The predicted octanol–water partition coefficient (Wildman–Crippen LogP) is 0.958. The minimum Gasteiger partial charge on any atom is -0.324 e. The zero-order chi connectivity index (χ0) is 10.4. The highest BCUT2D eigenvalue weighted by Crippen LogP contribution is 2.07. The second kappa shape index (κ2) is 5.70. The van der Waals surface area contributed by atoms with Crippen molar-refractivity contribution >= 4 is 0 Å². The number of nitrogens with zero attached hydrogens (tertiary/aromatic N) is 4. The largest absolute Gasteiger partial charge is 0.324 e. The zero-order valence-electron chi connectivity index (χ0n) is 8.98. The fraction of sp³-hybridized carbons (Fsp3) is 0.889. The molecule has 0 aliphatic carbocycles. The molecular formula is C9H19N5. The molecular weight excluding hydrogens is 178 g/mol. The van der Waals surface area contributed by atoms with E-state index in [1.54, 1.807) is 4.68 Å². The molecule has 0 aromatic carbocycles. The molecule has 0 aliphatic rings. The number of hydrogen-bond acceptors (Lipinski definition) is 4. The van der Waals surface area contributed by atoms with Gasteiger partial charge in [0.05, 0.1) is 6.54 Å². The van der Waals surface area contributed by atoms with Crippen LogP contribution < -0.4 is 5.73 Å². The minimum absolute atomic E-state index is 0.414. The highest BCUT2D eigenvalue weighted by atomic mass is 15.5. The van der Waals surface area contributed by atoms with E-state index in [0.717, 1.165) is 24.7 Å². The number of hydrogen-bond donors (Lipinski definition) is 1. The maximum atomic E-state index is 5.48. The van der Waals surface area contributed by atoms with Crippen LogP contribution in [-0.2, 0) is 13.1 Å². The Kier molecular flexibility index (Phi) is 4.52. The third kappa shape index (κ3) is 3.41. The van der Waals surface area contributed by atoms with Gasteiger partial charge in [0.25, 0.3) is 0 Å². The summed E-state index contributed by atoms with van der Waals surface area (Å²) in [5, 5.41) is 11.3. The summed E-state index contributed by atoms with van der Waals surface area (Å²) in [5.74, 6) is 1.55. The van der Waals surface area contributed by atoms with E-state index in [1.807, 2.05) is 0 Å². The summed E-state index contributed by atoms with van der Waals surface area (Å²) in [5.41, 5.74) is 5.48. The van der Waals surface area contributed by atoms with Crippen molar-refractivity contribution in [3.05, 3.63) is 5.82 Å². The summed E-state index contributed by atoms with van der Waals surface area (Å²) in [6.07, 6.45) is 3.61. The van der Waals surface area contributed by atoms with Crippen LogP contribution in [0.15, 0.2) is 0 Å². The lowest BCUT2D eigenvalue weighted by atomic mass is 10.1. The molecule has 0 unspecified atom stereocenters. The Morgan fingerprint density at radius 2 is 2.14 bits per heavy atom. The summed E-state index contributed by atoms with van der Waals surface area (Å²) >= 11 is 0. The Morgan fingerprint density at radius 1 is 1.36 bits per heavy atom. The van der Waals surface area contributed by atoms with Crippen LogP contribution in [0.25, 0.3) is 0 Å². The van der Waals surface area contributed by atoms with Gasteiger partial charge in [-0.15, -0.1) is 5.10 Å². The molecule has 0 fully saturated rings. The zero-order valence-corrected chi connectivity index (χ0v) is 8.98. The van der Waals surface area contributed by atoms with Gasteiger partial charge in [-0.3, -0.25) is 0 Å². The van der Waals surface area contributed by atoms with Crippen LogP contribution in [0.4, 0.5) is 0 Å². The topological polar surface area (TPSA) is 69.6 Å². The predicted molar refractivity (Wildman–Crippen MR) is 54.4 cm³/mol. The van der Waals surface area contributed by atoms with E-state index >= 15 is 0 Å². The van der Waals surface area contributed by atoms with Gasteiger partial charge >= 0.3 is 0 Å². The fourth-order valence-corrected chi connectivity index (χ4v) is 1.36. The maximum absolute atomic E-state index is 5.48. The molecule has 0 aliphatic heterocycles. The van der Waals surface area contributed by atoms with Crippen LogP contribution in [0, 0.1) is 5.92 Å². The van der Waals surface area contributed by atoms with Gasteiger partial charge in [-0.05, 0) is 22.8 Å². The van der Waals surface area contributed by atoms with Gasteiger partial charge < -0.3 is 5.73 Å². The molecule has 1 aromatic heterocycles. The van der Waals surface area contributed by atoms with Crippen molar-refractivity contribution in [2.45, 2.75) is 46.2 Å². The molecule has 14 heavy (non-hydrogen) atoms. The molecule has 0 amide bonds. The number of aromatic nitrogens is 4. The summed E-state index contributed by atoms with van der Waals surface area (Å²) < 4.78 is 1.79. The second-order valence-corrected chi connectivity index (χ2v) is 3.91. The van der Waals surface area contributed by atoms with Gasteiger partial charge in [0.2, 0.25) is 0 Å². The van der Waals surface area contributed by atoms with Crippen molar-refractivity contribution in [1.29, 1.82) is 0 Å². The van der Waals surface area contributed by atoms with Gasteiger partial charge in [0.1, 0.15) is 0 Å². The van der Waals surface area contributed by atoms with Gasteiger partial charge in [0, 0.05) is 6.54 Å². The van der Waals surface area contributed by atoms with Gasteiger partial charge in [0.15, 0.2) is 5.82 Å². The molecule has 1 aromatic rings. The summed E-state index contributed by atoms with van der Waals surface area (Å²) in [4.78, 5) is 0. The van der Waals surface area contributed by atoms with Crippen LogP contribution in [0.1, 0.15) is 38.9 Å². The Labute approximate surface area is 84.7 Å². The molecule has 5 nitrogen and oxygen atoms in total. The van der Waals surface area contributed by atoms with Gasteiger partial charge in [-0.1, -0.05) is 26.7 Å². The van der Waals surface area contributed by atoms with E-state index in [4.69, 9.17) is 5.73 Å². The molecule has 1 heterocycles. The van der Waals surface area contributed by atoms with E-state index in [-0.39, 0.29) is 0 Å². The Morgan fingerprint density at radius 3 is 2.79 bits per heavy atom. The van der Waals surface area contributed by atoms with E-state index in [1.165, 1.54) is 12.8 Å². The van der Waals surface area contributed by atoms with Crippen LogP contribution in [0.5, 0.6) is 0 Å². The van der Waals surface area contributed by atoms with Crippen LogP contribution in [0.3, 0.4) is 0 Å². The van der Waals surface area contributed by atoms with Gasteiger partial charge in [-0.2, -0.15) is 0 Å². The monoisotopic (exact) mass is 197 g/mol. The van der Waals surface area contributed by atoms with Crippen LogP contribution in [0.2, 0.25) is 0 Å². The summed E-state index contributed by atoms with van der Waals surface area (Å²) in [6, 6.07) is 0. The Hall–Kier alpha value is -0.970. The molecule has 0 bridgehead atoms. The van der Waals surface area contributed by atoms with Crippen molar-refractivity contribution in [1.82, 2.24) is 20.2 Å². The second-order valence-electron chi connectivity index (χ2n) is 3.91. The first-order valence-electron chi connectivity index (χ1n) is 5.19. The third-order valence-corrected chi connectivity index (χ3v) is 2.19. The highest BCUT2D eigenvalue weighted by molar-refractivity contribution is 4.77. The van der Waals surface area contributed by atoms with Crippen molar-refractivity contribution in [2.75, 3.05) is 0 Å². The molecule has 2 N–H and O–H groups in total. The average Bonchev–Trinajstić information content (AvgIpc) is 2.59. The molecule has 0 saturated carbocycles. The lowest BCUT2D eigenvalue weighted by Crippen LogP contribution is -2.10. The normalized spacial score (nSPS) is 11.1. The minimum atomic E-state index is 0.414. The van der Waals surface area contributed by atoms with Crippen molar-refractivity contribution in [3.8, 4) is 0 Å². The number of tetrazole rings is 1. The first kappa shape index (κ1) is 11.1. The lowest BCUT2D eigenvalue weighted by molar-refractivity contribution is 0.477. The molecule has 0 saturated heterocycles. The standard InChI is InChI=1S/C9H19N5/c1-8(2)5-3-4-6-14-9(7-10)11-12-13-14/h8H,3-7,10H2,1-2H3. The number of nitrogens with two attached hydrogens (primary N) is 1. The van der Waals surface area contributed by atoms with E-state index in [2.05, 4.69) is 29.4 Å². The van der Waals surface area contributed by atoms with Crippen LogP contribution >= 0.6 is 0 Å². The van der Waals surface area contributed by atoms with Crippen LogP contribution in [-0.4, -0.2) is 20.2 Å². The maximum Gasteiger partial charge on any atom is 0.164 e. The Bertz CT molecular complexity index is 255. The van der Waals surface area contributed by atoms with Crippen molar-refractivity contribution < 1.29 is 0 Å². The van der Waals surface area contributed by atoms with Crippen molar-refractivity contribution in [2.24, 2.45) is 11.7 Å². The summed E-state index contributed by atoms with van der Waals surface area (Å²) in [6.45, 7) is 5.77. The average molecular weight is 197 g/mol. The smallest absolute Gasteiger partial charge is 0.164 e. The van der Waals surface area contributed by atoms with E-state index < -0.39 is 0 Å². The number of aryl methyl sites for hydroxylation is 1. The molecule has 5 heteroatoms. The number of unbranched alkanes of at least 4 members (excludes halogenated alkanes) is 1. The molecule has 80 valence electrons. The highest BCUT2D eigenvalue weighted by Gasteiger charge is 2.02. The number of rotatable bonds is 6. The lowest BCUT2D eigenvalue weighted by Gasteiger charge is -2.04. The molecule has 1 rings (SSSR count). The van der Waals surface area contributed by atoms with E-state index in [0.29, 0.717) is 6.54 Å². The first-order valence-corrected chi connectivity index (χ1v) is 5.19. The fourth-order valence-electron chi connectivity index (χ4n) is 1.36. The molecule has 0 spiro atoms. The summed E-state index contributed by atoms with van der Waals surface area (Å²) in [7, 11) is 0. The molecule has 0 atom stereocenters. The molecule has 0 radical (unpaired) electrons. The van der Waals surface area contributed by atoms with Gasteiger partial charge in [-0.25, -0.2) is 4.68 Å². The van der Waals surface area contributed by atoms with Crippen molar-refractivity contribution in [3.63, 3.8) is 0 Å². The third-order valence-electron chi connectivity index (χ3n) is 2.19. The SMILES string of the molecule is CC(C)CCCCn1nnnc1CN. The van der Waals surface area contributed by atoms with E-state index in [9.17, 15) is 0 Å². The first-order chi connectivity index (χ1) is 6.74. The Balaban J connectivity index is 2.24. The quantitative estimate of drug-likeness (QED) is 0.689.